The van der Waals surface area contributed by atoms with Crippen LogP contribution in [0.4, 0.5) is 0 Å². The Balaban J connectivity index is 4.98. The van der Waals surface area contributed by atoms with Crippen LogP contribution in [0, 0.1) is 17.3 Å². The molecule has 5 N–H and O–H groups in total. The minimum atomic E-state index is -4.25. The predicted octanol–water partition coefficient (Wildman–Crippen LogP) is 0.774. The fraction of sp³-hybridized carbons (Fsp3) is 0.727. The first-order valence-corrected chi connectivity index (χ1v) is 6.96. The molecule has 1 atom stereocenters. The Morgan fingerprint density at radius 2 is 1.78 bits per heavy atom. The molecule has 104 valence electrons. The van der Waals surface area contributed by atoms with E-state index in [4.69, 9.17) is 10.8 Å². The largest absolute Gasteiger partial charge is 0.479 e. The van der Waals surface area contributed by atoms with Crippen molar-refractivity contribution in [2.75, 3.05) is 0 Å². The summed E-state index contributed by atoms with van der Waals surface area (Å²) in [6.45, 7) is 6.28. The van der Waals surface area contributed by atoms with Gasteiger partial charge in [-0.05, 0) is 34.1 Å². The first-order valence-electron chi connectivity index (χ1n) is 5.35. The third kappa shape index (κ3) is 5.19. The summed E-state index contributed by atoms with van der Waals surface area (Å²) in [5.41, 5.74) is 4.51. The molecule has 0 aromatic rings. The Hall–Kier alpha value is -0.860. The zero-order valence-electron chi connectivity index (χ0n) is 11.0. The van der Waals surface area contributed by atoms with Crippen LogP contribution in [-0.2, 0) is 9.36 Å². The molecule has 0 radical (unpaired) electrons. The summed E-state index contributed by atoms with van der Waals surface area (Å²) in [4.78, 5) is 28.9. The molecule has 0 spiro atoms. The van der Waals surface area contributed by atoms with E-state index in [9.17, 15) is 19.1 Å². The molecule has 0 aliphatic carbocycles. The van der Waals surface area contributed by atoms with Gasteiger partial charge in [0.2, 0.25) is 0 Å². The molecule has 7 heteroatoms. The van der Waals surface area contributed by atoms with E-state index in [0.717, 1.165) is 0 Å². The van der Waals surface area contributed by atoms with Crippen molar-refractivity contribution in [1.82, 2.24) is 0 Å². The standard InChI is InChI=1S/C11H20NO5P/c1-10(2,6-5-8(12)9(13)14)7-11(3,4)18(15,16)17/h8H,7,12H2,1-4H3,(H,13,14)(H2,15,16,17)/t8-/m0/s1. The zero-order valence-corrected chi connectivity index (χ0v) is 11.9. The fourth-order valence-corrected chi connectivity index (χ4v) is 2.16. The van der Waals surface area contributed by atoms with Gasteiger partial charge in [-0.2, -0.15) is 0 Å². The smallest absolute Gasteiger partial charge is 0.333 e. The van der Waals surface area contributed by atoms with E-state index in [0.29, 0.717) is 0 Å². The summed E-state index contributed by atoms with van der Waals surface area (Å²) in [5.74, 6) is 3.81. The number of hydrogen-bond donors (Lipinski definition) is 4. The number of carboxylic acid groups (broad SMARTS) is 1. The quantitative estimate of drug-likeness (QED) is 0.445. The zero-order chi connectivity index (χ0) is 14.8. The van der Waals surface area contributed by atoms with Crippen LogP contribution < -0.4 is 5.73 Å². The summed E-state index contributed by atoms with van der Waals surface area (Å²) in [5, 5.41) is 7.36. The van der Waals surface area contributed by atoms with Crippen molar-refractivity contribution < 1.29 is 24.3 Å². The van der Waals surface area contributed by atoms with Crippen molar-refractivity contribution in [1.29, 1.82) is 0 Å². The van der Waals surface area contributed by atoms with Gasteiger partial charge in [0.05, 0.1) is 5.16 Å². The number of carbonyl (C=O) groups is 1. The van der Waals surface area contributed by atoms with E-state index in [1.54, 1.807) is 13.8 Å². The van der Waals surface area contributed by atoms with Crippen LogP contribution in [0.3, 0.4) is 0 Å². The van der Waals surface area contributed by atoms with Gasteiger partial charge in [0.15, 0.2) is 6.04 Å². The molecule has 0 aliphatic heterocycles. The Morgan fingerprint density at radius 1 is 1.33 bits per heavy atom. The van der Waals surface area contributed by atoms with Crippen LogP contribution in [0.15, 0.2) is 0 Å². The maximum absolute atomic E-state index is 11.3. The second-order valence-corrected chi connectivity index (χ2v) is 7.80. The Labute approximate surface area is 107 Å². The molecule has 0 aromatic carbocycles. The molecule has 0 aliphatic rings. The molecule has 6 nitrogen and oxygen atoms in total. The minimum absolute atomic E-state index is 0.129. The van der Waals surface area contributed by atoms with Gasteiger partial charge in [-0.3, -0.25) is 4.57 Å². The van der Waals surface area contributed by atoms with Crippen molar-refractivity contribution in [3.05, 3.63) is 0 Å². The van der Waals surface area contributed by atoms with E-state index >= 15 is 0 Å². The first-order chi connectivity index (χ1) is 7.78. The van der Waals surface area contributed by atoms with Crippen molar-refractivity contribution >= 4 is 13.6 Å². The maximum Gasteiger partial charge on any atom is 0.333 e. The number of nitrogens with two attached hydrogens (primary N) is 1. The van der Waals surface area contributed by atoms with Gasteiger partial charge in [-0.25, -0.2) is 4.79 Å². The lowest BCUT2D eigenvalue weighted by Gasteiger charge is -2.32. The molecule has 0 bridgehead atoms. The lowest BCUT2D eigenvalue weighted by Crippen LogP contribution is -2.30. The third-order valence-electron chi connectivity index (χ3n) is 2.50. The van der Waals surface area contributed by atoms with Gasteiger partial charge in [-0.1, -0.05) is 11.8 Å². The highest BCUT2D eigenvalue weighted by Crippen LogP contribution is 2.54. The summed E-state index contributed by atoms with van der Waals surface area (Å²) in [6, 6.07) is -1.29. The van der Waals surface area contributed by atoms with Crippen LogP contribution >= 0.6 is 7.60 Å². The Bertz CT molecular complexity index is 426. The number of aliphatic carboxylic acids is 1. The molecule has 0 saturated carbocycles. The molecule has 0 heterocycles. The van der Waals surface area contributed by atoms with Crippen LogP contribution in [0.5, 0.6) is 0 Å². The molecule has 0 amide bonds. The van der Waals surface area contributed by atoms with E-state index in [-0.39, 0.29) is 6.42 Å². The number of rotatable bonds is 4. The van der Waals surface area contributed by atoms with Crippen LogP contribution in [0.2, 0.25) is 0 Å². The van der Waals surface area contributed by atoms with Crippen LogP contribution in [0.25, 0.3) is 0 Å². The predicted molar refractivity (Wildman–Crippen MR) is 67.9 cm³/mol. The van der Waals surface area contributed by atoms with Gasteiger partial charge < -0.3 is 20.6 Å². The molecule has 18 heavy (non-hydrogen) atoms. The van der Waals surface area contributed by atoms with Crippen LogP contribution in [0.1, 0.15) is 34.1 Å². The molecule has 0 saturated heterocycles. The maximum atomic E-state index is 11.3. The monoisotopic (exact) mass is 277 g/mol. The van der Waals surface area contributed by atoms with Crippen molar-refractivity contribution in [3.8, 4) is 11.8 Å². The van der Waals surface area contributed by atoms with Gasteiger partial charge in [0, 0.05) is 5.41 Å². The molecular weight excluding hydrogens is 257 g/mol. The summed E-state index contributed by atoms with van der Waals surface area (Å²) in [7, 11) is -4.25. The van der Waals surface area contributed by atoms with Gasteiger partial charge in [0.25, 0.3) is 0 Å². The Kier molecular flexibility index (Phi) is 5.16. The van der Waals surface area contributed by atoms with Crippen molar-refractivity contribution in [2.24, 2.45) is 11.1 Å². The molecular formula is C11H20NO5P. The average Bonchev–Trinajstić information content (AvgIpc) is 2.10. The summed E-state index contributed by atoms with van der Waals surface area (Å²) >= 11 is 0. The van der Waals surface area contributed by atoms with E-state index < -0.39 is 30.2 Å². The number of hydrogen-bond acceptors (Lipinski definition) is 3. The summed E-state index contributed by atoms with van der Waals surface area (Å²) in [6.07, 6.45) is 0.129. The second-order valence-electron chi connectivity index (χ2n) is 5.50. The van der Waals surface area contributed by atoms with Gasteiger partial charge >= 0.3 is 13.6 Å². The topological polar surface area (TPSA) is 121 Å². The lowest BCUT2D eigenvalue weighted by molar-refractivity contribution is -0.137. The van der Waals surface area contributed by atoms with Crippen molar-refractivity contribution in [2.45, 2.75) is 45.3 Å². The Morgan fingerprint density at radius 3 is 2.11 bits per heavy atom. The van der Waals surface area contributed by atoms with Gasteiger partial charge in [-0.15, -0.1) is 0 Å². The molecule has 0 aromatic heterocycles. The second kappa shape index (κ2) is 5.41. The van der Waals surface area contributed by atoms with Gasteiger partial charge in [0.1, 0.15) is 0 Å². The SMILES string of the molecule is CC(C)(C#C[C@H](N)C(=O)O)CC(C)(C)P(=O)(O)O. The first kappa shape index (κ1) is 17.1. The van der Waals surface area contributed by atoms with E-state index in [2.05, 4.69) is 11.8 Å². The molecule has 0 unspecified atom stereocenters. The molecule has 0 rings (SSSR count). The highest BCUT2D eigenvalue weighted by atomic mass is 31.2. The minimum Gasteiger partial charge on any atom is -0.479 e. The average molecular weight is 277 g/mol. The lowest BCUT2D eigenvalue weighted by atomic mass is 9.84. The van der Waals surface area contributed by atoms with Crippen molar-refractivity contribution in [3.63, 3.8) is 0 Å². The highest BCUT2D eigenvalue weighted by molar-refractivity contribution is 7.53. The normalized spacial score (nSPS) is 14.6. The summed E-state index contributed by atoms with van der Waals surface area (Å²) < 4.78 is 11.3. The van der Waals surface area contributed by atoms with Crippen LogP contribution in [-0.4, -0.2) is 32.1 Å². The van der Waals surface area contributed by atoms with E-state index in [1.807, 2.05) is 0 Å². The highest BCUT2D eigenvalue weighted by Gasteiger charge is 2.41. The fourth-order valence-electron chi connectivity index (χ4n) is 1.56. The molecule has 0 fully saturated rings. The number of carboxylic acids is 1. The third-order valence-corrected chi connectivity index (χ3v) is 4.23. The van der Waals surface area contributed by atoms with E-state index in [1.165, 1.54) is 13.8 Å².